The van der Waals surface area contributed by atoms with Crippen LogP contribution in [0.15, 0.2) is 23.1 Å². The zero-order chi connectivity index (χ0) is 11.5. The van der Waals surface area contributed by atoms with Crippen molar-refractivity contribution in [2.24, 2.45) is 5.73 Å². The molecule has 4 N–H and O–H groups in total. The molecule has 86 valence electrons. The Bertz CT molecular complexity index is 399. The molecule has 1 aliphatic carbocycles. The Labute approximate surface area is 100 Å². The number of hydrogen-bond donors (Lipinski definition) is 3. The van der Waals surface area contributed by atoms with Crippen LogP contribution in [0.2, 0.25) is 0 Å². The van der Waals surface area contributed by atoms with Crippen LogP contribution in [0.3, 0.4) is 0 Å². The Hall–Kier alpha value is -1.16. The summed E-state index contributed by atoms with van der Waals surface area (Å²) in [5, 5.41) is 11.1. The van der Waals surface area contributed by atoms with Crippen molar-refractivity contribution in [2.75, 3.05) is 11.1 Å². The van der Waals surface area contributed by atoms with Gasteiger partial charge in [0.15, 0.2) is 0 Å². The van der Waals surface area contributed by atoms with Gasteiger partial charge in [0.05, 0.1) is 5.56 Å². The Kier molecular flexibility index (Phi) is 3.39. The van der Waals surface area contributed by atoms with Crippen LogP contribution in [0.5, 0.6) is 0 Å². The van der Waals surface area contributed by atoms with E-state index in [0.29, 0.717) is 6.04 Å². The topological polar surface area (TPSA) is 61.9 Å². The summed E-state index contributed by atoms with van der Waals surface area (Å²) in [4.78, 5) is 1.10. The van der Waals surface area contributed by atoms with Gasteiger partial charge in [-0.1, -0.05) is 13.0 Å². The average molecular weight is 235 g/mol. The van der Waals surface area contributed by atoms with Gasteiger partial charge in [0.1, 0.15) is 5.84 Å². The quantitative estimate of drug-likeness (QED) is 0.418. The van der Waals surface area contributed by atoms with Gasteiger partial charge in [-0.2, -0.15) is 0 Å². The number of thioether (sulfide) groups is 1. The first-order chi connectivity index (χ1) is 7.72. The highest BCUT2D eigenvalue weighted by atomic mass is 32.2. The first-order valence-electron chi connectivity index (χ1n) is 5.59. The number of anilines is 1. The standard InChI is InChI=1S/C12H17N3S/c1-2-16-10-5-3-4-9(11(10)12(13)14)15-8-6-7-8/h3-5,8,15H,2,6-7H2,1H3,(H3,13,14). The zero-order valence-corrected chi connectivity index (χ0v) is 10.2. The van der Waals surface area contributed by atoms with E-state index in [2.05, 4.69) is 12.2 Å². The van der Waals surface area contributed by atoms with Gasteiger partial charge in [-0.05, 0) is 30.7 Å². The summed E-state index contributed by atoms with van der Waals surface area (Å²) in [7, 11) is 0. The Morgan fingerprint density at radius 1 is 1.56 bits per heavy atom. The van der Waals surface area contributed by atoms with Gasteiger partial charge in [0.2, 0.25) is 0 Å². The summed E-state index contributed by atoms with van der Waals surface area (Å²) in [6.07, 6.45) is 2.45. The fourth-order valence-corrected chi connectivity index (χ4v) is 2.50. The normalized spacial score (nSPS) is 14.8. The van der Waals surface area contributed by atoms with Gasteiger partial charge in [-0.25, -0.2) is 0 Å². The Morgan fingerprint density at radius 3 is 2.88 bits per heavy atom. The fourth-order valence-electron chi connectivity index (χ4n) is 1.65. The van der Waals surface area contributed by atoms with Crippen molar-refractivity contribution in [1.82, 2.24) is 0 Å². The first kappa shape index (κ1) is 11.3. The van der Waals surface area contributed by atoms with Crippen molar-refractivity contribution in [3.8, 4) is 0 Å². The summed E-state index contributed by atoms with van der Waals surface area (Å²) >= 11 is 1.73. The highest BCUT2D eigenvalue weighted by Crippen LogP contribution is 2.31. The molecule has 1 aromatic carbocycles. The molecule has 0 unspecified atom stereocenters. The summed E-state index contributed by atoms with van der Waals surface area (Å²) in [5.41, 5.74) is 7.54. The molecule has 0 bridgehead atoms. The van der Waals surface area contributed by atoms with Gasteiger partial charge >= 0.3 is 0 Å². The maximum absolute atomic E-state index is 7.68. The molecule has 0 radical (unpaired) electrons. The molecule has 0 amide bonds. The minimum absolute atomic E-state index is 0.153. The molecule has 0 atom stereocenters. The van der Waals surface area contributed by atoms with E-state index in [9.17, 15) is 0 Å². The SMILES string of the molecule is CCSc1cccc(NC2CC2)c1C(=N)N. The maximum atomic E-state index is 7.68. The average Bonchev–Trinajstić information content (AvgIpc) is 3.02. The van der Waals surface area contributed by atoms with Crippen LogP contribution in [0, 0.1) is 5.41 Å². The Balaban J connectivity index is 2.33. The van der Waals surface area contributed by atoms with E-state index >= 15 is 0 Å². The number of nitrogen functional groups attached to an aromatic ring is 1. The van der Waals surface area contributed by atoms with E-state index in [1.807, 2.05) is 18.2 Å². The van der Waals surface area contributed by atoms with Gasteiger partial charge < -0.3 is 11.1 Å². The highest BCUT2D eigenvalue weighted by molar-refractivity contribution is 7.99. The lowest BCUT2D eigenvalue weighted by Gasteiger charge is -2.14. The van der Waals surface area contributed by atoms with Gasteiger partial charge in [0, 0.05) is 16.6 Å². The van der Waals surface area contributed by atoms with Crippen LogP contribution in [0.4, 0.5) is 5.69 Å². The molecule has 0 saturated heterocycles. The third-order valence-corrected chi connectivity index (χ3v) is 3.47. The number of amidine groups is 1. The molecule has 0 aliphatic heterocycles. The largest absolute Gasteiger partial charge is 0.384 e. The number of benzene rings is 1. The molecule has 1 aromatic rings. The summed E-state index contributed by atoms with van der Waals surface area (Å²) in [5.74, 6) is 1.15. The summed E-state index contributed by atoms with van der Waals surface area (Å²) in [6.45, 7) is 2.11. The number of rotatable bonds is 5. The van der Waals surface area contributed by atoms with Crippen LogP contribution in [-0.4, -0.2) is 17.6 Å². The van der Waals surface area contributed by atoms with Crippen LogP contribution in [-0.2, 0) is 0 Å². The molecular weight excluding hydrogens is 218 g/mol. The highest BCUT2D eigenvalue weighted by Gasteiger charge is 2.23. The first-order valence-corrected chi connectivity index (χ1v) is 6.57. The van der Waals surface area contributed by atoms with Gasteiger partial charge in [-0.15, -0.1) is 11.8 Å². The summed E-state index contributed by atoms with van der Waals surface area (Å²) < 4.78 is 0. The Morgan fingerprint density at radius 2 is 2.31 bits per heavy atom. The lowest BCUT2D eigenvalue weighted by atomic mass is 10.1. The molecule has 0 heterocycles. The van der Waals surface area contributed by atoms with E-state index < -0.39 is 0 Å². The molecule has 1 aliphatic rings. The van der Waals surface area contributed by atoms with Crippen molar-refractivity contribution in [3.63, 3.8) is 0 Å². The van der Waals surface area contributed by atoms with Crippen molar-refractivity contribution < 1.29 is 0 Å². The molecule has 0 spiro atoms. The fraction of sp³-hybridized carbons (Fsp3) is 0.417. The van der Waals surface area contributed by atoms with Gasteiger partial charge in [-0.3, -0.25) is 5.41 Å². The van der Waals surface area contributed by atoms with Crippen molar-refractivity contribution in [2.45, 2.75) is 30.7 Å². The number of nitrogens with two attached hydrogens (primary N) is 1. The second-order valence-corrected chi connectivity index (χ2v) is 5.25. The lowest BCUT2D eigenvalue weighted by Crippen LogP contribution is -2.16. The molecule has 1 fully saturated rings. The van der Waals surface area contributed by atoms with Crippen LogP contribution in [0.1, 0.15) is 25.3 Å². The maximum Gasteiger partial charge on any atom is 0.126 e. The van der Waals surface area contributed by atoms with E-state index in [1.165, 1.54) is 12.8 Å². The molecule has 0 aromatic heterocycles. The van der Waals surface area contributed by atoms with Crippen LogP contribution in [0.25, 0.3) is 0 Å². The third-order valence-electron chi connectivity index (χ3n) is 2.53. The third kappa shape index (κ3) is 2.50. The van der Waals surface area contributed by atoms with E-state index in [-0.39, 0.29) is 5.84 Å². The summed E-state index contributed by atoms with van der Waals surface area (Å²) in [6, 6.07) is 6.65. The van der Waals surface area contributed by atoms with E-state index in [0.717, 1.165) is 21.9 Å². The minimum Gasteiger partial charge on any atom is -0.384 e. The number of hydrogen-bond acceptors (Lipinski definition) is 3. The predicted octanol–water partition coefficient (Wildman–Crippen LogP) is 2.66. The molecule has 2 rings (SSSR count). The van der Waals surface area contributed by atoms with Crippen molar-refractivity contribution >= 4 is 23.3 Å². The lowest BCUT2D eigenvalue weighted by molar-refractivity contribution is 1.14. The molecular formula is C12H17N3S. The van der Waals surface area contributed by atoms with Gasteiger partial charge in [0.25, 0.3) is 0 Å². The second kappa shape index (κ2) is 4.78. The molecule has 3 nitrogen and oxygen atoms in total. The molecule has 16 heavy (non-hydrogen) atoms. The second-order valence-electron chi connectivity index (χ2n) is 3.94. The predicted molar refractivity (Wildman–Crippen MR) is 70.5 cm³/mol. The van der Waals surface area contributed by atoms with Crippen LogP contribution >= 0.6 is 11.8 Å². The van der Waals surface area contributed by atoms with E-state index in [1.54, 1.807) is 11.8 Å². The molecule has 1 saturated carbocycles. The minimum atomic E-state index is 0.153. The van der Waals surface area contributed by atoms with Crippen LogP contribution < -0.4 is 11.1 Å². The van der Waals surface area contributed by atoms with Crippen molar-refractivity contribution in [3.05, 3.63) is 23.8 Å². The monoisotopic (exact) mass is 235 g/mol. The van der Waals surface area contributed by atoms with E-state index in [4.69, 9.17) is 11.1 Å². The molecule has 4 heteroatoms. The smallest absolute Gasteiger partial charge is 0.126 e. The van der Waals surface area contributed by atoms with Crippen molar-refractivity contribution in [1.29, 1.82) is 5.41 Å². The number of nitrogens with one attached hydrogen (secondary N) is 2. The zero-order valence-electron chi connectivity index (χ0n) is 9.42.